The van der Waals surface area contributed by atoms with Gasteiger partial charge in [-0.2, -0.15) is 0 Å². The summed E-state index contributed by atoms with van der Waals surface area (Å²) in [5.41, 5.74) is 7.63. The third-order valence-electron chi connectivity index (χ3n) is 2.90. The van der Waals surface area contributed by atoms with E-state index in [1.165, 1.54) is 12.8 Å². The first-order valence-electron chi connectivity index (χ1n) is 5.38. The van der Waals surface area contributed by atoms with E-state index >= 15 is 0 Å². The summed E-state index contributed by atoms with van der Waals surface area (Å²) in [6.07, 6.45) is 4.47. The minimum atomic E-state index is 0.489. The lowest BCUT2D eigenvalue weighted by atomic mass is 10.4. The van der Waals surface area contributed by atoms with Gasteiger partial charge in [-0.1, -0.05) is 0 Å². The quantitative estimate of drug-likeness (QED) is 0.816. The zero-order valence-corrected chi connectivity index (χ0v) is 8.56. The predicted octanol–water partition coefficient (Wildman–Crippen LogP) is 1.30. The van der Waals surface area contributed by atoms with Gasteiger partial charge in [-0.05, 0) is 30.9 Å². The number of nitrogens with zero attached hydrogens (tertiary/aromatic N) is 3. The molecule has 0 amide bonds. The average molecular weight is 202 g/mol. The van der Waals surface area contributed by atoms with Gasteiger partial charge < -0.3 is 10.3 Å². The van der Waals surface area contributed by atoms with Crippen molar-refractivity contribution in [3.8, 4) is 0 Å². The maximum Gasteiger partial charge on any atom is 0.160 e. The van der Waals surface area contributed by atoms with Crippen molar-refractivity contribution < 1.29 is 0 Å². The molecule has 2 aromatic heterocycles. The fourth-order valence-electron chi connectivity index (χ4n) is 1.91. The molecule has 15 heavy (non-hydrogen) atoms. The molecule has 0 atom stereocenters. The van der Waals surface area contributed by atoms with Crippen LogP contribution in [0, 0.1) is 5.92 Å². The molecule has 0 saturated heterocycles. The summed E-state index contributed by atoms with van der Waals surface area (Å²) in [4.78, 5) is 8.86. The Bertz CT molecular complexity index is 484. The third kappa shape index (κ3) is 1.51. The number of imidazole rings is 1. The molecule has 1 fully saturated rings. The SMILES string of the molecule is NCc1nc2cccnc2n1CC1CC1. The Kier molecular flexibility index (Phi) is 1.95. The van der Waals surface area contributed by atoms with Crippen LogP contribution < -0.4 is 5.73 Å². The highest BCUT2D eigenvalue weighted by Crippen LogP contribution is 2.32. The van der Waals surface area contributed by atoms with Gasteiger partial charge in [-0.15, -0.1) is 0 Å². The first kappa shape index (κ1) is 8.85. The molecule has 0 spiro atoms. The molecule has 1 aliphatic carbocycles. The fraction of sp³-hybridized carbons (Fsp3) is 0.455. The Morgan fingerprint density at radius 2 is 2.33 bits per heavy atom. The maximum atomic E-state index is 5.70. The Morgan fingerprint density at radius 1 is 1.47 bits per heavy atom. The number of rotatable bonds is 3. The topological polar surface area (TPSA) is 56.7 Å². The van der Waals surface area contributed by atoms with E-state index < -0.39 is 0 Å². The van der Waals surface area contributed by atoms with Crippen molar-refractivity contribution in [1.29, 1.82) is 0 Å². The Hall–Kier alpha value is -1.42. The van der Waals surface area contributed by atoms with Gasteiger partial charge >= 0.3 is 0 Å². The smallest absolute Gasteiger partial charge is 0.160 e. The van der Waals surface area contributed by atoms with Crippen molar-refractivity contribution in [3.63, 3.8) is 0 Å². The summed E-state index contributed by atoms with van der Waals surface area (Å²) in [5.74, 6) is 1.77. The van der Waals surface area contributed by atoms with Crippen molar-refractivity contribution in [2.24, 2.45) is 11.7 Å². The highest BCUT2D eigenvalue weighted by atomic mass is 15.1. The minimum absolute atomic E-state index is 0.489. The zero-order chi connectivity index (χ0) is 10.3. The van der Waals surface area contributed by atoms with Crippen molar-refractivity contribution in [1.82, 2.24) is 14.5 Å². The highest BCUT2D eigenvalue weighted by Gasteiger charge is 2.24. The molecule has 0 radical (unpaired) electrons. The highest BCUT2D eigenvalue weighted by molar-refractivity contribution is 5.71. The van der Waals surface area contributed by atoms with Gasteiger partial charge in [0, 0.05) is 12.7 Å². The average Bonchev–Trinajstić information content (AvgIpc) is 3.01. The van der Waals surface area contributed by atoms with E-state index in [1.807, 2.05) is 18.3 Å². The van der Waals surface area contributed by atoms with E-state index in [2.05, 4.69) is 14.5 Å². The molecule has 0 aliphatic heterocycles. The second kappa shape index (κ2) is 3.31. The molecular formula is C11H14N4. The van der Waals surface area contributed by atoms with Crippen LogP contribution in [0.3, 0.4) is 0 Å². The Labute approximate surface area is 88.1 Å². The van der Waals surface area contributed by atoms with Gasteiger partial charge in [-0.3, -0.25) is 0 Å². The van der Waals surface area contributed by atoms with Crippen molar-refractivity contribution in [3.05, 3.63) is 24.2 Å². The molecule has 0 unspecified atom stereocenters. The number of hydrogen-bond donors (Lipinski definition) is 1. The molecule has 2 N–H and O–H groups in total. The number of aromatic nitrogens is 3. The molecule has 2 aromatic rings. The van der Waals surface area contributed by atoms with Gasteiger partial charge in [0.25, 0.3) is 0 Å². The van der Waals surface area contributed by atoms with Crippen LogP contribution in [-0.2, 0) is 13.1 Å². The Balaban J connectivity index is 2.12. The molecule has 4 heteroatoms. The molecule has 1 aliphatic rings. The zero-order valence-electron chi connectivity index (χ0n) is 8.56. The summed E-state index contributed by atoms with van der Waals surface area (Å²) in [5, 5.41) is 0. The molecule has 0 aromatic carbocycles. The van der Waals surface area contributed by atoms with E-state index in [4.69, 9.17) is 5.73 Å². The first-order valence-corrected chi connectivity index (χ1v) is 5.38. The van der Waals surface area contributed by atoms with Crippen LogP contribution >= 0.6 is 0 Å². The largest absolute Gasteiger partial charge is 0.324 e. The second-order valence-corrected chi connectivity index (χ2v) is 4.13. The van der Waals surface area contributed by atoms with Crippen LogP contribution in [0.25, 0.3) is 11.2 Å². The number of fused-ring (bicyclic) bond motifs is 1. The molecular weight excluding hydrogens is 188 g/mol. The van der Waals surface area contributed by atoms with E-state index in [1.54, 1.807) is 0 Å². The standard InChI is InChI=1S/C11H14N4/c12-6-10-14-9-2-1-5-13-11(9)15(10)7-8-3-4-8/h1-2,5,8H,3-4,6-7,12H2. The number of nitrogens with two attached hydrogens (primary N) is 1. The summed E-state index contributed by atoms with van der Waals surface area (Å²) >= 11 is 0. The summed E-state index contributed by atoms with van der Waals surface area (Å²) in [6, 6.07) is 3.90. The van der Waals surface area contributed by atoms with Crippen molar-refractivity contribution in [2.75, 3.05) is 0 Å². The Morgan fingerprint density at radius 3 is 3.07 bits per heavy atom. The molecule has 3 rings (SSSR count). The van der Waals surface area contributed by atoms with Gasteiger partial charge in [0.05, 0.1) is 6.54 Å². The van der Waals surface area contributed by atoms with Crippen molar-refractivity contribution in [2.45, 2.75) is 25.9 Å². The molecule has 0 bridgehead atoms. The van der Waals surface area contributed by atoms with E-state index in [9.17, 15) is 0 Å². The van der Waals surface area contributed by atoms with Crippen LogP contribution in [0.5, 0.6) is 0 Å². The molecule has 1 saturated carbocycles. The van der Waals surface area contributed by atoms with Gasteiger partial charge in [0.2, 0.25) is 0 Å². The van der Waals surface area contributed by atoms with Gasteiger partial charge in [-0.25, -0.2) is 9.97 Å². The van der Waals surface area contributed by atoms with Crippen molar-refractivity contribution >= 4 is 11.2 Å². The normalized spacial score (nSPS) is 16.1. The van der Waals surface area contributed by atoms with E-state index in [-0.39, 0.29) is 0 Å². The lowest BCUT2D eigenvalue weighted by Crippen LogP contribution is -2.10. The number of hydrogen-bond acceptors (Lipinski definition) is 3. The summed E-state index contributed by atoms with van der Waals surface area (Å²) < 4.78 is 2.17. The van der Waals surface area contributed by atoms with Crippen LogP contribution in [0.2, 0.25) is 0 Å². The number of pyridine rings is 1. The minimum Gasteiger partial charge on any atom is -0.324 e. The fourth-order valence-corrected chi connectivity index (χ4v) is 1.91. The maximum absolute atomic E-state index is 5.70. The molecule has 78 valence electrons. The molecule has 2 heterocycles. The molecule has 4 nitrogen and oxygen atoms in total. The predicted molar refractivity (Wildman–Crippen MR) is 58.1 cm³/mol. The first-order chi connectivity index (χ1) is 7.38. The lowest BCUT2D eigenvalue weighted by Gasteiger charge is -2.05. The summed E-state index contributed by atoms with van der Waals surface area (Å²) in [6.45, 7) is 1.52. The van der Waals surface area contributed by atoms with Crippen LogP contribution in [0.15, 0.2) is 18.3 Å². The monoisotopic (exact) mass is 202 g/mol. The van der Waals surface area contributed by atoms with Gasteiger partial charge in [0.1, 0.15) is 11.3 Å². The lowest BCUT2D eigenvalue weighted by molar-refractivity contribution is 0.607. The summed E-state index contributed by atoms with van der Waals surface area (Å²) in [7, 11) is 0. The van der Waals surface area contributed by atoms with E-state index in [0.29, 0.717) is 6.54 Å². The van der Waals surface area contributed by atoms with Gasteiger partial charge in [0.15, 0.2) is 5.65 Å². The van der Waals surface area contributed by atoms with Crippen LogP contribution in [-0.4, -0.2) is 14.5 Å². The van der Waals surface area contributed by atoms with Crippen LogP contribution in [0.4, 0.5) is 0 Å². The second-order valence-electron chi connectivity index (χ2n) is 4.13. The van der Waals surface area contributed by atoms with Crippen LogP contribution in [0.1, 0.15) is 18.7 Å². The van der Waals surface area contributed by atoms with E-state index in [0.717, 1.165) is 29.5 Å². The third-order valence-corrected chi connectivity index (χ3v) is 2.90.